The molecule has 0 unspecified atom stereocenters. The number of rotatable bonds is 9. The number of nitrogens with two attached hydrogens (primary N) is 1. The number of nitrogens with zero attached hydrogens (tertiary/aromatic N) is 2. The number of hydrogen-bond donors (Lipinski definition) is 2. The van der Waals surface area contributed by atoms with E-state index in [0.29, 0.717) is 32.6 Å². The first-order chi connectivity index (χ1) is 12.8. The average molecular weight is 401 g/mol. The van der Waals surface area contributed by atoms with E-state index < -0.39 is 15.9 Å². The van der Waals surface area contributed by atoms with E-state index in [4.69, 9.17) is 10.5 Å². The van der Waals surface area contributed by atoms with Gasteiger partial charge in [0.15, 0.2) is 0 Å². The molecule has 0 saturated carbocycles. The molecular weight excluding hydrogens is 372 g/mol. The molecule has 3 N–H and O–H groups in total. The summed E-state index contributed by atoms with van der Waals surface area (Å²) in [6.45, 7) is 4.27. The molecule has 0 radical (unpaired) electrons. The van der Waals surface area contributed by atoms with Crippen molar-refractivity contribution >= 4 is 21.8 Å². The summed E-state index contributed by atoms with van der Waals surface area (Å²) in [6, 6.07) is 1.29. The van der Waals surface area contributed by atoms with E-state index >= 15 is 0 Å². The van der Waals surface area contributed by atoms with Crippen LogP contribution in [0.3, 0.4) is 0 Å². The first kappa shape index (κ1) is 21.4. The molecule has 1 aromatic heterocycles. The Morgan fingerprint density at radius 1 is 1.33 bits per heavy atom. The third-order valence-electron chi connectivity index (χ3n) is 4.66. The molecule has 0 atom stereocenters. The first-order valence-corrected chi connectivity index (χ1v) is 10.5. The van der Waals surface area contributed by atoms with E-state index in [-0.39, 0.29) is 35.5 Å². The van der Waals surface area contributed by atoms with E-state index in [0.717, 1.165) is 6.42 Å². The molecule has 0 aromatic carbocycles. The van der Waals surface area contributed by atoms with E-state index in [1.165, 1.54) is 21.1 Å². The Hall–Kier alpha value is -1.91. The molecule has 2 amide bonds. The van der Waals surface area contributed by atoms with Crippen LogP contribution in [0.15, 0.2) is 17.2 Å². The predicted molar refractivity (Wildman–Crippen MR) is 99.5 cm³/mol. The van der Waals surface area contributed by atoms with Gasteiger partial charge in [-0.15, -0.1) is 0 Å². The van der Waals surface area contributed by atoms with Crippen molar-refractivity contribution in [1.29, 1.82) is 0 Å². The van der Waals surface area contributed by atoms with Crippen molar-refractivity contribution in [3.05, 3.63) is 18.0 Å². The Bertz CT molecular complexity index is 766. The fourth-order valence-electron chi connectivity index (χ4n) is 3.10. The Kier molecular flexibility index (Phi) is 7.40. The number of aromatic nitrogens is 1. The van der Waals surface area contributed by atoms with Crippen LogP contribution in [-0.2, 0) is 26.6 Å². The zero-order chi connectivity index (χ0) is 20.0. The lowest BCUT2D eigenvalue weighted by molar-refractivity contribution is -0.126. The van der Waals surface area contributed by atoms with Crippen LogP contribution in [0, 0.1) is 5.92 Å². The molecule has 1 saturated heterocycles. The number of nitrogens with one attached hydrogen (secondary N) is 1. The molecule has 27 heavy (non-hydrogen) atoms. The summed E-state index contributed by atoms with van der Waals surface area (Å²) in [4.78, 5) is 23.6. The standard InChI is InChI=1S/C17H28N4O5S/c1-3-26-10-4-7-19-17(23)13-5-8-21(9-6-13)27(24,25)14-11-15(16(18)22)20(2)12-14/h11-13H,3-10H2,1-2H3,(H2,18,22)(H,19,23). The third-order valence-corrected chi connectivity index (χ3v) is 6.53. The van der Waals surface area contributed by atoms with E-state index in [9.17, 15) is 18.0 Å². The normalized spacial score (nSPS) is 16.4. The van der Waals surface area contributed by atoms with Crippen molar-refractivity contribution in [2.24, 2.45) is 18.7 Å². The van der Waals surface area contributed by atoms with Crippen LogP contribution in [0.25, 0.3) is 0 Å². The lowest BCUT2D eigenvalue weighted by Crippen LogP contribution is -2.43. The SMILES string of the molecule is CCOCCCNC(=O)C1CCN(S(=O)(=O)c2cc(C(N)=O)n(C)c2)CC1. The minimum atomic E-state index is -3.72. The number of carbonyl (C=O) groups is 2. The summed E-state index contributed by atoms with van der Waals surface area (Å²) in [5.74, 6) is -0.918. The van der Waals surface area contributed by atoms with Crippen LogP contribution in [0.2, 0.25) is 0 Å². The number of sulfonamides is 1. The van der Waals surface area contributed by atoms with E-state index in [1.807, 2.05) is 6.92 Å². The monoisotopic (exact) mass is 400 g/mol. The molecule has 10 heteroatoms. The van der Waals surface area contributed by atoms with Gasteiger partial charge in [0.05, 0.1) is 0 Å². The fraction of sp³-hybridized carbons (Fsp3) is 0.647. The first-order valence-electron chi connectivity index (χ1n) is 9.09. The molecule has 1 fully saturated rings. The number of carbonyl (C=O) groups excluding carboxylic acids is 2. The molecule has 0 spiro atoms. The van der Waals surface area contributed by atoms with Crippen molar-refractivity contribution < 1.29 is 22.7 Å². The van der Waals surface area contributed by atoms with Crippen molar-refractivity contribution in [3.63, 3.8) is 0 Å². The number of aryl methyl sites for hydroxylation is 1. The molecule has 1 aromatic rings. The quantitative estimate of drug-likeness (QED) is 0.568. The molecule has 9 nitrogen and oxygen atoms in total. The van der Waals surface area contributed by atoms with Crippen molar-refractivity contribution in [2.45, 2.75) is 31.1 Å². The van der Waals surface area contributed by atoms with Gasteiger partial charge in [-0.05, 0) is 32.3 Å². The second-order valence-electron chi connectivity index (χ2n) is 6.56. The smallest absolute Gasteiger partial charge is 0.265 e. The Morgan fingerprint density at radius 2 is 2.00 bits per heavy atom. The second-order valence-corrected chi connectivity index (χ2v) is 8.49. The highest BCUT2D eigenvalue weighted by atomic mass is 32.2. The van der Waals surface area contributed by atoms with Gasteiger partial charge >= 0.3 is 0 Å². The molecule has 0 aliphatic carbocycles. The van der Waals surface area contributed by atoms with Crippen LogP contribution in [0.1, 0.15) is 36.7 Å². The highest BCUT2D eigenvalue weighted by Crippen LogP contribution is 2.25. The lowest BCUT2D eigenvalue weighted by Gasteiger charge is -2.30. The summed E-state index contributed by atoms with van der Waals surface area (Å²) in [7, 11) is -2.15. The summed E-state index contributed by atoms with van der Waals surface area (Å²) in [5.41, 5.74) is 5.38. The number of amides is 2. The average Bonchev–Trinajstić information content (AvgIpc) is 3.04. The third kappa shape index (κ3) is 5.30. The highest BCUT2D eigenvalue weighted by molar-refractivity contribution is 7.89. The zero-order valence-electron chi connectivity index (χ0n) is 15.8. The van der Waals surface area contributed by atoms with Crippen LogP contribution in [0.4, 0.5) is 0 Å². The number of ether oxygens (including phenoxy) is 1. The van der Waals surface area contributed by atoms with Crippen LogP contribution in [0.5, 0.6) is 0 Å². The van der Waals surface area contributed by atoms with Gasteiger partial charge < -0.3 is 20.4 Å². The van der Waals surface area contributed by atoms with E-state index in [2.05, 4.69) is 5.32 Å². The van der Waals surface area contributed by atoms with Crippen LogP contribution >= 0.6 is 0 Å². The van der Waals surface area contributed by atoms with Crippen molar-refractivity contribution in [2.75, 3.05) is 32.8 Å². The van der Waals surface area contributed by atoms with Gasteiger partial charge in [0.25, 0.3) is 5.91 Å². The molecule has 152 valence electrons. The van der Waals surface area contributed by atoms with Gasteiger partial charge in [0.2, 0.25) is 15.9 Å². The molecular formula is C17H28N4O5S. The number of hydrogen-bond acceptors (Lipinski definition) is 5. The molecule has 0 bridgehead atoms. The van der Waals surface area contributed by atoms with Crippen molar-refractivity contribution in [3.8, 4) is 0 Å². The largest absolute Gasteiger partial charge is 0.382 e. The van der Waals surface area contributed by atoms with Gasteiger partial charge in [0, 0.05) is 52.0 Å². The van der Waals surface area contributed by atoms with Gasteiger partial charge in [-0.2, -0.15) is 4.31 Å². The fourth-order valence-corrected chi connectivity index (χ4v) is 4.64. The Labute approximate surface area is 159 Å². The highest BCUT2D eigenvalue weighted by Gasteiger charge is 2.33. The van der Waals surface area contributed by atoms with Gasteiger partial charge in [-0.3, -0.25) is 9.59 Å². The second kappa shape index (κ2) is 9.34. The Morgan fingerprint density at radius 3 is 2.56 bits per heavy atom. The van der Waals surface area contributed by atoms with Crippen molar-refractivity contribution in [1.82, 2.24) is 14.2 Å². The lowest BCUT2D eigenvalue weighted by atomic mass is 9.97. The molecule has 2 heterocycles. The molecule has 2 rings (SSSR count). The summed E-state index contributed by atoms with van der Waals surface area (Å²) < 4.78 is 33.5. The summed E-state index contributed by atoms with van der Waals surface area (Å²) in [5, 5.41) is 2.88. The maximum atomic E-state index is 12.8. The van der Waals surface area contributed by atoms with Crippen LogP contribution < -0.4 is 11.1 Å². The van der Waals surface area contributed by atoms with Gasteiger partial charge in [-0.25, -0.2) is 8.42 Å². The minimum Gasteiger partial charge on any atom is -0.382 e. The van der Waals surface area contributed by atoms with E-state index in [1.54, 1.807) is 7.05 Å². The minimum absolute atomic E-state index is 0.0395. The molecule has 1 aliphatic rings. The topological polar surface area (TPSA) is 124 Å². The zero-order valence-corrected chi connectivity index (χ0v) is 16.6. The predicted octanol–water partition coefficient (Wildman–Crippen LogP) is 0.0675. The summed E-state index contributed by atoms with van der Waals surface area (Å²) >= 11 is 0. The van der Waals surface area contributed by atoms with Gasteiger partial charge in [-0.1, -0.05) is 0 Å². The van der Waals surface area contributed by atoms with Gasteiger partial charge in [0.1, 0.15) is 10.6 Å². The maximum absolute atomic E-state index is 12.8. The number of piperidine rings is 1. The van der Waals surface area contributed by atoms with Crippen LogP contribution in [-0.4, -0.2) is 62.0 Å². The maximum Gasteiger partial charge on any atom is 0.265 e. The number of primary amides is 1. The Balaban J connectivity index is 1.89. The summed E-state index contributed by atoms with van der Waals surface area (Å²) in [6.07, 6.45) is 3.06. The molecule has 1 aliphatic heterocycles.